The predicted octanol–water partition coefficient (Wildman–Crippen LogP) is 4.73. The van der Waals surface area contributed by atoms with Gasteiger partial charge < -0.3 is 9.32 Å². The van der Waals surface area contributed by atoms with Gasteiger partial charge in [-0.05, 0) is 44.4 Å². The molecule has 1 aliphatic carbocycles. The van der Waals surface area contributed by atoms with Crippen LogP contribution in [0, 0.1) is 20.8 Å². The van der Waals surface area contributed by atoms with E-state index in [1.54, 1.807) is 6.92 Å². The molecule has 2 aromatic heterocycles. The Hall–Kier alpha value is -2.69. The van der Waals surface area contributed by atoms with E-state index in [1.165, 1.54) is 12.8 Å². The third kappa shape index (κ3) is 3.46. The zero-order chi connectivity index (χ0) is 19.0. The van der Waals surface area contributed by atoms with E-state index in [-0.39, 0.29) is 11.9 Å². The molecule has 1 saturated carbocycles. The van der Waals surface area contributed by atoms with Gasteiger partial charge in [-0.2, -0.15) is 0 Å². The van der Waals surface area contributed by atoms with Crippen molar-refractivity contribution in [2.24, 2.45) is 0 Å². The maximum atomic E-state index is 13.4. The second-order valence-electron chi connectivity index (χ2n) is 7.45. The van der Waals surface area contributed by atoms with E-state index >= 15 is 0 Å². The van der Waals surface area contributed by atoms with Crippen molar-refractivity contribution in [3.8, 4) is 0 Å². The van der Waals surface area contributed by atoms with Crippen LogP contribution >= 0.6 is 0 Å². The Labute approximate surface area is 159 Å². The van der Waals surface area contributed by atoms with Crippen LogP contribution in [0.25, 0.3) is 10.9 Å². The highest BCUT2D eigenvalue weighted by Crippen LogP contribution is 2.29. The number of hydrogen-bond acceptors (Lipinski definition) is 4. The molecule has 3 aromatic rings. The average molecular weight is 363 g/mol. The van der Waals surface area contributed by atoms with Crippen LogP contribution in [-0.2, 0) is 6.54 Å². The van der Waals surface area contributed by atoms with Gasteiger partial charge in [-0.15, -0.1) is 0 Å². The maximum absolute atomic E-state index is 13.4. The first kappa shape index (κ1) is 17.7. The molecule has 0 aliphatic heterocycles. The van der Waals surface area contributed by atoms with Gasteiger partial charge in [0.25, 0.3) is 5.91 Å². The van der Waals surface area contributed by atoms with E-state index in [0.717, 1.165) is 35.0 Å². The van der Waals surface area contributed by atoms with E-state index in [1.807, 2.05) is 36.9 Å². The summed E-state index contributed by atoms with van der Waals surface area (Å²) in [6, 6.07) is 10.5. The van der Waals surface area contributed by atoms with Crippen LogP contribution < -0.4 is 0 Å². The minimum Gasteiger partial charge on any atom is -0.445 e. The molecule has 4 rings (SSSR count). The highest BCUT2D eigenvalue weighted by atomic mass is 16.4. The van der Waals surface area contributed by atoms with Crippen molar-refractivity contribution in [1.29, 1.82) is 0 Å². The number of oxazole rings is 1. The molecule has 1 aromatic carbocycles. The van der Waals surface area contributed by atoms with Gasteiger partial charge >= 0.3 is 0 Å². The van der Waals surface area contributed by atoms with Gasteiger partial charge in [0.15, 0.2) is 11.6 Å². The number of rotatable bonds is 4. The number of carbonyl (C=O) groups is 1. The largest absolute Gasteiger partial charge is 0.445 e. The molecule has 0 radical (unpaired) electrons. The Morgan fingerprint density at radius 1 is 1.15 bits per heavy atom. The molecule has 1 aliphatic rings. The maximum Gasteiger partial charge on any atom is 0.276 e. The first-order valence-electron chi connectivity index (χ1n) is 9.63. The zero-order valence-electron chi connectivity index (χ0n) is 16.2. The molecular formula is C22H25N3O2. The SMILES string of the molecule is Cc1cc(CN(C(=O)c2nc(C)oc2C)C2CCCC2)c2ccccc2n1. The van der Waals surface area contributed by atoms with Crippen LogP contribution in [0.3, 0.4) is 0 Å². The quantitative estimate of drug-likeness (QED) is 0.672. The van der Waals surface area contributed by atoms with Crippen LogP contribution in [0.1, 0.15) is 59.1 Å². The molecule has 0 unspecified atom stereocenters. The highest BCUT2D eigenvalue weighted by molar-refractivity contribution is 5.94. The third-order valence-electron chi connectivity index (χ3n) is 5.40. The first-order valence-corrected chi connectivity index (χ1v) is 9.63. The number of aromatic nitrogens is 2. The highest BCUT2D eigenvalue weighted by Gasteiger charge is 2.30. The lowest BCUT2D eigenvalue weighted by molar-refractivity contribution is 0.0658. The van der Waals surface area contributed by atoms with Gasteiger partial charge in [-0.25, -0.2) is 4.98 Å². The number of benzene rings is 1. The lowest BCUT2D eigenvalue weighted by Gasteiger charge is -2.29. The summed E-state index contributed by atoms with van der Waals surface area (Å²) in [7, 11) is 0. The third-order valence-corrected chi connectivity index (χ3v) is 5.40. The summed E-state index contributed by atoms with van der Waals surface area (Å²) in [5.41, 5.74) is 3.52. The number of fused-ring (bicyclic) bond motifs is 1. The van der Waals surface area contributed by atoms with E-state index < -0.39 is 0 Å². The molecule has 0 N–H and O–H groups in total. The van der Waals surface area contributed by atoms with Crippen molar-refractivity contribution >= 4 is 16.8 Å². The second-order valence-corrected chi connectivity index (χ2v) is 7.45. The summed E-state index contributed by atoms with van der Waals surface area (Å²) in [4.78, 5) is 24.4. The van der Waals surface area contributed by atoms with Crippen molar-refractivity contribution in [3.63, 3.8) is 0 Å². The Morgan fingerprint density at radius 3 is 2.59 bits per heavy atom. The molecule has 0 spiro atoms. The van der Waals surface area contributed by atoms with E-state index in [4.69, 9.17) is 4.42 Å². The van der Waals surface area contributed by atoms with Gasteiger partial charge in [0.2, 0.25) is 0 Å². The summed E-state index contributed by atoms with van der Waals surface area (Å²) in [6.07, 6.45) is 4.43. The van der Waals surface area contributed by atoms with Crippen molar-refractivity contribution in [2.45, 2.75) is 59.0 Å². The molecule has 2 heterocycles. The normalized spacial score (nSPS) is 14.8. The lowest BCUT2D eigenvalue weighted by atomic mass is 10.1. The molecule has 5 heteroatoms. The van der Waals surface area contributed by atoms with Crippen molar-refractivity contribution in [1.82, 2.24) is 14.9 Å². The Morgan fingerprint density at radius 2 is 1.89 bits per heavy atom. The molecule has 140 valence electrons. The van der Waals surface area contributed by atoms with Gasteiger partial charge in [0.1, 0.15) is 5.76 Å². The van der Waals surface area contributed by atoms with E-state index in [9.17, 15) is 4.79 Å². The Bertz CT molecular complexity index is 986. The Balaban J connectivity index is 1.74. The van der Waals surface area contributed by atoms with E-state index in [0.29, 0.717) is 23.9 Å². The summed E-state index contributed by atoms with van der Waals surface area (Å²) < 4.78 is 5.52. The molecule has 1 amide bonds. The number of pyridine rings is 1. The fourth-order valence-corrected chi connectivity index (χ4v) is 4.16. The molecular weight excluding hydrogens is 338 g/mol. The lowest BCUT2D eigenvalue weighted by Crippen LogP contribution is -2.39. The van der Waals surface area contributed by atoms with Crippen molar-refractivity contribution < 1.29 is 9.21 Å². The summed E-state index contributed by atoms with van der Waals surface area (Å²) in [6.45, 7) is 6.16. The number of aryl methyl sites for hydroxylation is 3. The minimum atomic E-state index is -0.0326. The van der Waals surface area contributed by atoms with Crippen molar-refractivity contribution in [2.75, 3.05) is 0 Å². The first-order chi connectivity index (χ1) is 13.0. The number of para-hydroxylation sites is 1. The summed E-state index contributed by atoms with van der Waals surface area (Å²) in [5.74, 6) is 1.10. The van der Waals surface area contributed by atoms with Crippen LogP contribution in [0.2, 0.25) is 0 Å². The van der Waals surface area contributed by atoms with Crippen molar-refractivity contribution in [3.05, 3.63) is 58.9 Å². The monoisotopic (exact) mass is 363 g/mol. The average Bonchev–Trinajstić information content (AvgIpc) is 3.28. The molecule has 27 heavy (non-hydrogen) atoms. The standard InChI is InChI=1S/C22H25N3O2/c1-14-12-17(19-10-6-7-11-20(19)23-14)13-25(18-8-4-5-9-18)22(26)21-15(2)27-16(3)24-21/h6-7,10-12,18H,4-5,8-9,13H2,1-3H3. The molecule has 0 atom stereocenters. The van der Waals surface area contributed by atoms with Crippen LogP contribution in [0.15, 0.2) is 34.7 Å². The Kier molecular flexibility index (Phi) is 4.68. The minimum absolute atomic E-state index is 0.0326. The second kappa shape index (κ2) is 7.14. The summed E-state index contributed by atoms with van der Waals surface area (Å²) in [5, 5.41) is 1.10. The number of amides is 1. The van der Waals surface area contributed by atoms with Gasteiger partial charge in [0.05, 0.1) is 5.52 Å². The summed E-state index contributed by atoms with van der Waals surface area (Å²) >= 11 is 0. The fourth-order valence-electron chi connectivity index (χ4n) is 4.16. The number of nitrogens with zero attached hydrogens (tertiary/aromatic N) is 3. The zero-order valence-corrected chi connectivity index (χ0v) is 16.2. The van der Waals surface area contributed by atoms with Crippen LogP contribution in [0.5, 0.6) is 0 Å². The van der Waals surface area contributed by atoms with Gasteiger partial charge in [-0.1, -0.05) is 31.0 Å². The fraction of sp³-hybridized carbons (Fsp3) is 0.409. The molecule has 1 fully saturated rings. The van der Waals surface area contributed by atoms with Crippen LogP contribution in [-0.4, -0.2) is 26.8 Å². The molecule has 0 bridgehead atoms. The molecule has 5 nitrogen and oxygen atoms in total. The van der Waals surface area contributed by atoms with Crippen LogP contribution in [0.4, 0.5) is 0 Å². The predicted molar refractivity (Wildman–Crippen MR) is 105 cm³/mol. The smallest absolute Gasteiger partial charge is 0.276 e. The van der Waals surface area contributed by atoms with Gasteiger partial charge in [0, 0.05) is 30.6 Å². The number of hydrogen-bond donors (Lipinski definition) is 0. The topological polar surface area (TPSA) is 59.2 Å². The van der Waals surface area contributed by atoms with E-state index in [2.05, 4.69) is 22.1 Å². The van der Waals surface area contributed by atoms with Gasteiger partial charge in [-0.3, -0.25) is 9.78 Å². The number of carbonyl (C=O) groups excluding carboxylic acids is 1. The molecule has 0 saturated heterocycles.